The van der Waals surface area contributed by atoms with Crippen molar-refractivity contribution >= 4 is 5.69 Å². The zero-order valence-corrected chi connectivity index (χ0v) is 12.9. The Morgan fingerprint density at radius 3 is 2.10 bits per heavy atom. The van der Waals surface area contributed by atoms with Crippen molar-refractivity contribution in [2.45, 2.75) is 45.4 Å². The van der Waals surface area contributed by atoms with Crippen LogP contribution >= 0.6 is 0 Å². The molecule has 2 N–H and O–H groups in total. The van der Waals surface area contributed by atoms with E-state index in [0.717, 1.165) is 6.42 Å². The van der Waals surface area contributed by atoms with Gasteiger partial charge in [-0.05, 0) is 6.42 Å². The second-order valence-corrected chi connectivity index (χ2v) is 4.86. The SMILES string of the molecule is CCCCCCCCOc1cc(OC)c(OC)cc1N. The lowest BCUT2D eigenvalue weighted by atomic mass is 10.1. The summed E-state index contributed by atoms with van der Waals surface area (Å²) in [5, 5.41) is 0. The number of benzene rings is 1. The number of ether oxygens (including phenoxy) is 3. The van der Waals surface area contributed by atoms with E-state index >= 15 is 0 Å². The molecule has 0 atom stereocenters. The van der Waals surface area contributed by atoms with Gasteiger partial charge in [-0.1, -0.05) is 39.0 Å². The number of nitrogens with two attached hydrogens (primary N) is 1. The Balaban J connectivity index is 2.40. The summed E-state index contributed by atoms with van der Waals surface area (Å²) in [6, 6.07) is 3.51. The molecule has 0 aliphatic heterocycles. The van der Waals surface area contributed by atoms with Crippen molar-refractivity contribution in [3.8, 4) is 17.2 Å². The minimum atomic E-state index is 0.577. The highest BCUT2D eigenvalue weighted by Crippen LogP contribution is 2.36. The van der Waals surface area contributed by atoms with Crippen LogP contribution in [0.15, 0.2) is 12.1 Å². The average molecular weight is 281 g/mol. The zero-order chi connectivity index (χ0) is 14.8. The summed E-state index contributed by atoms with van der Waals surface area (Å²) >= 11 is 0. The van der Waals surface area contributed by atoms with Gasteiger partial charge in [-0.15, -0.1) is 0 Å². The molecule has 1 aromatic carbocycles. The summed E-state index contributed by atoms with van der Waals surface area (Å²) in [5.41, 5.74) is 6.52. The molecule has 0 saturated carbocycles. The minimum Gasteiger partial charge on any atom is -0.493 e. The van der Waals surface area contributed by atoms with Crippen molar-refractivity contribution < 1.29 is 14.2 Å². The van der Waals surface area contributed by atoms with E-state index in [1.165, 1.54) is 32.1 Å². The van der Waals surface area contributed by atoms with Crippen LogP contribution in [0.25, 0.3) is 0 Å². The van der Waals surface area contributed by atoms with Gasteiger partial charge in [-0.25, -0.2) is 0 Å². The second-order valence-electron chi connectivity index (χ2n) is 4.86. The van der Waals surface area contributed by atoms with Gasteiger partial charge in [0, 0.05) is 12.1 Å². The third-order valence-corrected chi connectivity index (χ3v) is 3.27. The molecule has 20 heavy (non-hydrogen) atoms. The van der Waals surface area contributed by atoms with Gasteiger partial charge < -0.3 is 19.9 Å². The normalized spacial score (nSPS) is 10.3. The van der Waals surface area contributed by atoms with Crippen molar-refractivity contribution in [1.82, 2.24) is 0 Å². The zero-order valence-electron chi connectivity index (χ0n) is 12.9. The van der Waals surface area contributed by atoms with Crippen molar-refractivity contribution in [2.24, 2.45) is 0 Å². The first-order chi connectivity index (χ1) is 9.72. The molecule has 0 heterocycles. The predicted octanol–water partition coefficient (Wildman–Crippen LogP) is 4.03. The maximum atomic E-state index is 5.94. The molecule has 1 aromatic rings. The summed E-state index contributed by atoms with van der Waals surface area (Å²) in [4.78, 5) is 0. The molecule has 0 saturated heterocycles. The number of unbranched alkanes of at least 4 members (excludes halogenated alkanes) is 5. The van der Waals surface area contributed by atoms with Crippen LogP contribution in [0.2, 0.25) is 0 Å². The molecule has 0 unspecified atom stereocenters. The largest absolute Gasteiger partial charge is 0.493 e. The molecule has 0 bridgehead atoms. The fraction of sp³-hybridized carbons (Fsp3) is 0.625. The van der Waals surface area contributed by atoms with E-state index < -0.39 is 0 Å². The fourth-order valence-electron chi connectivity index (χ4n) is 2.07. The first kappa shape index (κ1) is 16.5. The summed E-state index contributed by atoms with van der Waals surface area (Å²) in [6.07, 6.45) is 7.44. The summed E-state index contributed by atoms with van der Waals surface area (Å²) < 4.78 is 16.2. The Kier molecular flexibility index (Phi) is 7.70. The van der Waals surface area contributed by atoms with Crippen molar-refractivity contribution in [2.75, 3.05) is 26.6 Å². The number of hydrogen-bond donors (Lipinski definition) is 1. The third kappa shape index (κ3) is 5.19. The number of rotatable bonds is 10. The first-order valence-corrected chi connectivity index (χ1v) is 7.37. The Hall–Kier alpha value is -1.58. The van der Waals surface area contributed by atoms with Crippen molar-refractivity contribution in [3.63, 3.8) is 0 Å². The molecule has 114 valence electrons. The second kappa shape index (κ2) is 9.34. The maximum Gasteiger partial charge on any atom is 0.164 e. The quantitative estimate of drug-likeness (QED) is 0.520. The van der Waals surface area contributed by atoms with Crippen LogP contribution in [-0.2, 0) is 0 Å². The van der Waals surface area contributed by atoms with Crippen molar-refractivity contribution in [3.05, 3.63) is 12.1 Å². The molecular formula is C16H27NO3. The van der Waals surface area contributed by atoms with Gasteiger partial charge in [0.05, 0.1) is 26.5 Å². The summed E-state index contributed by atoms with van der Waals surface area (Å²) in [7, 11) is 3.19. The highest BCUT2D eigenvalue weighted by atomic mass is 16.5. The van der Waals surface area contributed by atoms with Gasteiger partial charge in [-0.2, -0.15) is 0 Å². The lowest BCUT2D eigenvalue weighted by Crippen LogP contribution is -2.02. The topological polar surface area (TPSA) is 53.7 Å². The van der Waals surface area contributed by atoms with Crippen LogP contribution in [0, 0.1) is 0 Å². The van der Waals surface area contributed by atoms with E-state index in [9.17, 15) is 0 Å². The summed E-state index contributed by atoms with van der Waals surface area (Å²) in [6.45, 7) is 2.91. The summed E-state index contributed by atoms with van der Waals surface area (Å²) in [5.74, 6) is 1.92. The molecule has 0 fully saturated rings. The van der Waals surface area contributed by atoms with E-state index in [0.29, 0.717) is 29.5 Å². The van der Waals surface area contributed by atoms with E-state index in [4.69, 9.17) is 19.9 Å². The van der Waals surface area contributed by atoms with Gasteiger partial charge in [0.1, 0.15) is 5.75 Å². The van der Waals surface area contributed by atoms with Crippen LogP contribution in [0.3, 0.4) is 0 Å². The molecule has 4 heteroatoms. The Morgan fingerprint density at radius 2 is 1.45 bits per heavy atom. The molecule has 0 radical (unpaired) electrons. The Morgan fingerprint density at radius 1 is 0.850 bits per heavy atom. The maximum absolute atomic E-state index is 5.94. The van der Waals surface area contributed by atoms with E-state index in [1.54, 1.807) is 26.4 Å². The van der Waals surface area contributed by atoms with E-state index in [1.807, 2.05) is 0 Å². The van der Waals surface area contributed by atoms with Crippen LogP contribution in [0.4, 0.5) is 5.69 Å². The third-order valence-electron chi connectivity index (χ3n) is 3.27. The van der Waals surface area contributed by atoms with E-state index in [2.05, 4.69) is 6.92 Å². The number of nitrogen functional groups attached to an aromatic ring is 1. The number of methoxy groups -OCH3 is 2. The fourth-order valence-corrected chi connectivity index (χ4v) is 2.07. The van der Waals surface area contributed by atoms with Gasteiger partial charge in [-0.3, -0.25) is 0 Å². The van der Waals surface area contributed by atoms with Crippen LogP contribution < -0.4 is 19.9 Å². The lowest BCUT2D eigenvalue weighted by Gasteiger charge is -2.13. The molecule has 0 aromatic heterocycles. The molecule has 0 amide bonds. The lowest BCUT2D eigenvalue weighted by molar-refractivity contribution is 0.301. The van der Waals surface area contributed by atoms with Crippen LogP contribution in [0.5, 0.6) is 17.2 Å². The number of anilines is 1. The predicted molar refractivity (Wildman–Crippen MR) is 82.8 cm³/mol. The van der Waals surface area contributed by atoms with E-state index in [-0.39, 0.29) is 0 Å². The van der Waals surface area contributed by atoms with Crippen LogP contribution in [-0.4, -0.2) is 20.8 Å². The van der Waals surface area contributed by atoms with Gasteiger partial charge in [0.25, 0.3) is 0 Å². The van der Waals surface area contributed by atoms with Gasteiger partial charge in [0.15, 0.2) is 11.5 Å². The smallest absolute Gasteiger partial charge is 0.164 e. The Bertz CT molecular complexity index is 394. The minimum absolute atomic E-state index is 0.577. The molecule has 1 rings (SSSR count). The molecule has 0 aliphatic rings. The van der Waals surface area contributed by atoms with Crippen LogP contribution in [0.1, 0.15) is 45.4 Å². The highest BCUT2D eigenvalue weighted by Gasteiger charge is 2.09. The molecule has 0 aliphatic carbocycles. The average Bonchev–Trinajstić information content (AvgIpc) is 2.47. The van der Waals surface area contributed by atoms with Gasteiger partial charge in [0.2, 0.25) is 0 Å². The highest BCUT2D eigenvalue weighted by molar-refractivity contribution is 5.61. The molecule has 0 spiro atoms. The first-order valence-electron chi connectivity index (χ1n) is 7.37. The number of hydrogen-bond acceptors (Lipinski definition) is 4. The van der Waals surface area contributed by atoms with Crippen molar-refractivity contribution in [1.29, 1.82) is 0 Å². The standard InChI is InChI=1S/C16H27NO3/c1-4-5-6-7-8-9-10-20-14-12-16(19-3)15(18-2)11-13(14)17/h11-12H,4-10,17H2,1-3H3. The Labute approximate surface area is 122 Å². The van der Waals surface area contributed by atoms with Gasteiger partial charge >= 0.3 is 0 Å². The monoisotopic (exact) mass is 281 g/mol. The molecular weight excluding hydrogens is 254 g/mol. The molecule has 4 nitrogen and oxygen atoms in total.